The summed E-state index contributed by atoms with van der Waals surface area (Å²) in [4.78, 5) is 16.4. The quantitative estimate of drug-likeness (QED) is 0.850. The lowest BCUT2D eigenvalue weighted by atomic mass is 10.1. The van der Waals surface area contributed by atoms with Gasteiger partial charge in [-0.15, -0.1) is 0 Å². The number of carbonyl (C=O) groups is 1. The van der Waals surface area contributed by atoms with Gasteiger partial charge in [0.25, 0.3) is 5.91 Å². The molecular formula is C17H16Cl2N2O4. The van der Waals surface area contributed by atoms with Gasteiger partial charge in [0.2, 0.25) is 0 Å². The molecule has 0 bridgehead atoms. The van der Waals surface area contributed by atoms with E-state index in [0.717, 1.165) is 6.42 Å². The lowest BCUT2D eigenvalue weighted by Gasteiger charge is -2.16. The fraction of sp³-hybridized carbons (Fsp3) is 0.294. The minimum Gasteiger partial charge on any atom is -0.493 e. The average molecular weight is 383 g/mol. The number of rotatable bonds is 5. The second-order valence-corrected chi connectivity index (χ2v) is 6.22. The Hall–Kier alpha value is -2.02. The number of halogens is 2. The molecule has 1 N–H and O–H groups in total. The van der Waals surface area contributed by atoms with Gasteiger partial charge in [0.15, 0.2) is 11.5 Å². The van der Waals surface area contributed by atoms with E-state index in [1.54, 1.807) is 25.3 Å². The number of nitrogens with zero attached hydrogens (tertiary/aromatic N) is 1. The predicted octanol–water partition coefficient (Wildman–Crippen LogP) is 3.82. The zero-order chi connectivity index (χ0) is 17.8. The van der Waals surface area contributed by atoms with Gasteiger partial charge in [-0.3, -0.25) is 9.78 Å². The summed E-state index contributed by atoms with van der Waals surface area (Å²) in [5.74, 6) is 0.658. The summed E-state index contributed by atoms with van der Waals surface area (Å²) in [7, 11) is 1.55. The predicted molar refractivity (Wildman–Crippen MR) is 95.1 cm³/mol. The van der Waals surface area contributed by atoms with Gasteiger partial charge in [0.05, 0.1) is 36.1 Å². The number of hydrogen-bond donors (Lipinski definition) is 1. The van der Waals surface area contributed by atoms with Gasteiger partial charge in [-0.2, -0.15) is 0 Å². The maximum atomic E-state index is 12.5. The van der Waals surface area contributed by atoms with E-state index in [9.17, 15) is 4.79 Å². The van der Waals surface area contributed by atoms with Gasteiger partial charge < -0.3 is 19.5 Å². The smallest absolute Gasteiger partial charge is 0.255 e. The zero-order valence-corrected chi connectivity index (χ0v) is 14.9. The monoisotopic (exact) mass is 382 g/mol. The van der Waals surface area contributed by atoms with E-state index < -0.39 is 0 Å². The number of aromatic nitrogens is 1. The molecule has 8 heteroatoms. The highest BCUT2D eigenvalue weighted by Gasteiger charge is 2.20. The summed E-state index contributed by atoms with van der Waals surface area (Å²) < 4.78 is 16.5. The van der Waals surface area contributed by atoms with Crippen molar-refractivity contribution in [1.82, 2.24) is 4.98 Å². The molecule has 6 nitrogen and oxygen atoms in total. The Balaban J connectivity index is 1.82. The Bertz CT molecular complexity index is 759. The Morgan fingerprint density at radius 1 is 1.28 bits per heavy atom. The summed E-state index contributed by atoms with van der Waals surface area (Å²) in [5, 5.41) is 3.21. The van der Waals surface area contributed by atoms with E-state index in [-0.39, 0.29) is 22.1 Å². The maximum absolute atomic E-state index is 12.5. The van der Waals surface area contributed by atoms with Crippen LogP contribution in [0.2, 0.25) is 10.0 Å². The number of hydrogen-bond acceptors (Lipinski definition) is 5. The molecule has 1 amide bonds. The number of pyridine rings is 1. The van der Waals surface area contributed by atoms with Gasteiger partial charge in [-0.1, -0.05) is 23.2 Å². The van der Waals surface area contributed by atoms with Crippen LogP contribution in [-0.4, -0.2) is 37.3 Å². The maximum Gasteiger partial charge on any atom is 0.255 e. The molecule has 132 valence electrons. The van der Waals surface area contributed by atoms with Crippen LogP contribution in [-0.2, 0) is 4.74 Å². The molecule has 0 unspecified atom stereocenters. The Morgan fingerprint density at radius 2 is 2.04 bits per heavy atom. The van der Waals surface area contributed by atoms with Crippen LogP contribution in [0.5, 0.6) is 11.5 Å². The van der Waals surface area contributed by atoms with Crippen molar-refractivity contribution in [3.8, 4) is 11.5 Å². The van der Waals surface area contributed by atoms with Crippen LogP contribution in [0.1, 0.15) is 16.8 Å². The van der Waals surface area contributed by atoms with Crippen LogP contribution in [0.3, 0.4) is 0 Å². The van der Waals surface area contributed by atoms with Crippen molar-refractivity contribution in [1.29, 1.82) is 0 Å². The second kappa shape index (κ2) is 7.91. The Morgan fingerprint density at radius 3 is 2.68 bits per heavy atom. The molecule has 0 saturated carbocycles. The van der Waals surface area contributed by atoms with E-state index in [1.807, 2.05) is 0 Å². The molecule has 1 fully saturated rings. The summed E-state index contributed by atoms with van der Waals surface area (Å²) in [6.45, 7) is 1.17. The standard InChI is InChI=1S/C17H16Cl2N2O4/c1-23-14-3-2-10(6-15(14)25-11-4-5-24-9-11)17(22)21-16-12(18)7-20-8-13(16)19/h2-3,6-8,11H,4-5,9H2,1H3,(H,20,21,22)/t11-/m0/s1. The average Bonchev–Trinajstić information content (AvgIpc) is 3.11. The van der Waals surface area contributed by atoms with Crippen LogP contribution in [0, 0.1) is 0 Å². The molecule has 1 aliphatic heterocycles. The molecule has 1 aromatic carbocycles. The normalized spacial score (nSPS) is 16.5. The largest absolute Gasteiger partial charge is 0.493 e. The van der Waals surface area contributed by atoms with Gasteiger partial charge in [-0.05, 0) is 18.2 Å². The highest BCUT2D eigenvalue weighted by molar-refractivity contribution is 6.39. The first kappa shape index (κ1) is 17.8. The third-order valence-corrected chi connectivity index (χ3v) is 4.27. The fourth-order valence-electron chi connectivity index (χ4n) is 2.41. The molecule has 25 heavy (non-hydrogen) atoms. The van der Waals surface area contributed by atoms with Gasteiger partial charge in [0, 0.05) is 24.4 Å². The number of benzene rings is 1. The molecule has 3 rings (SSSR count). The van der Waals surface area contributed by atoms with E-state index in [1.165, 1.54) is 12.4 Å². The van der Waals surface area contributed by atoms with Gasteiger partial charge >= 0.3 is 0 Å². The molecule has 2 aromatic rings. The van der Waals surface area contributed by atoms with Gasteiger partial charge in [0.1, 0.15) is 6.10 Å². The van der Waals surface area contributed by atoms with Crippen LogP contribution in [0.25, 0.3) is 0 Å². The first-order chi connectivity index (χ1) is 12.1. The fourth-order valence-corrected chi connectivity index (χ4v) is 2.87. The van der Waals surface area contributed by atoms with E-state index >= 15 is 0 Å². The Kier molecular flexibility index (Phi) is 5.63. The van der Waals surface area contributed by atoms with Crippen molar-refractivity contribution < 1.29 is 19.0 Å². The Labute approximate surface area is 155 Å². The molecule has 0 spiro atoms. The lowest BCUT2D eigenvalue weighted by Crippen LogP contribution is -2.17. The summed E-state index contributed by atoms with van der Waals surface area (Å²) in [6.07, 6.45) is 3.55. The van der Waals surface area contributed by atoms with E-state index in [0.29, 0.717) is 36.0 Å². The minimum absolute atomic E-state index is 0.0590. The molecule has 1 aliphatic rings. The highest BCUT2D eigenvalue weighted by Crippen LogP contribution is 2.32. The highest BCUT2D eigenvalue weighted by atomic mass is 35.5. The topological polar surface area (TPSA) is 69.7 Å². The molecule has 1 aromatic heterocycles. The molecular weight excluding hydrogens is 367 g/mol. The van der Waals surface area contributed by atoms with Crippen LogP contribution < -0.4 is 14.8 Å². The molecule has 1 atom stereocenters. The molecule has 0 aliphatic carbocycles. The first-order valence-electron chi connectivity index (χ1n) is 7.61. The number of methoxy groups -OCH3 is 1. The van der Waals surface area contributed by atoms with Crippen LogP contribution in [0.15, 0.2) is 30.6 Å². The van der Waals surface area contributed by atoms with E-state index in [4.69, 9.17) is 37.4 Å². The molecule has 0 radical (unpaired) electrons. The van der Waals surface area contributed by atoms with E-state index in [2.05, 4.69) is 10.3 Å². The van der Waals surface area contributed by atoms with Crippen molar-refractivity contribution in [2.24, 2.45) is 0 Å². The number of ether oxygens (including phenoxy) is 3. The zero-order valence-electron chi connectivity index (χ0n) is 13.4. The minimum atomic E-state index is -0.370. The number of carbonyl (C=O) groups excluding carboxylic acids is 1. The van der Waals surface area contributed by atoms with Gasteiger partial charge in [-0.25, -0.2) is 0 Å². The lowest BCUT2D eigenvalue weighted by molar-refractivity contribution is 0.102. The van der Waals surface area contributed by atoms with Crippen molar-refractivity contribution in [2.75, 3.05) is 25.6 Å². The second-order valence-electron chi connectivity index (χ2n) is 5.40. The molecule has 2 heterocycles. The first-order valence-corrected chi connectivity index (χ1v) is 8.37. The summed E-state index contributed by atoms with van der Waals surface area (Å²) in [5.41, 5.74) is 0.699. The van der Waals surface area contributed by atoms with Crippen molar-refractivity contribution in [2.45, 2.75) is 12.5 Å². The van der Waals surface area contributed by atoms with Crippen molar-refractivity contribution in [3.05, 3.63) is 46.2 Å². The summed E-state index contributed by atoms with van der Waals surface area (Å²) >= 11 is 12.1. The van der Waals surface area contributed by atoms with Crippen molar-refractivity contribution in [3.63, 3.8) is 0 Å². The number of anilines is 1. The third kappa shape index (κ3) is 4.15. The SMILES string of the molecule is COc1ccc(C(=O)Nc2c(Cl)cncc2Cl)cc1O[C@H]1CCOC1. The molecule has 1 saturated heterocycles. The van der Waals surface area contributed by atoms with Crippen molar-refractivity contribution >= 4 is 34.8 Å². The van der Waals surface area contributed by atoms with Crippen LogP contribution in [0.4, 0.5) is 5.69 Å². The summed E-state index contributed by atoms with van der Waals surface area (Å²) in [6, 6.07) is 4.93. The number of nitrogens with one attached hydrogen (secondary N) is 1. The van der Waals surface area contributed by atoms with Crippen LogP contribution >= 0.6 is 23.2 Å². The number of amides is 1. The third-order valence-electron chi connectivity index (χ3n) is 3.70.